The van der Waals surface area contributed by atoms with Gasteiger partial charge in [0.15, 0.2) is 0 Å². The molecule has 0 bridgehead atoms. The molecular weight excluding hydrogens is 226 g/mol. The topological polar surface area (TPSA) is 50.9 Å². The summed E-state index contributed by atoms with van der Waals surface area (Å²) in [5.74, 6) is 0. The molecule has 1 aromatic carbocycles. The number of aromatic nitrogens is 3. The van der Waals surface area contributed by atoms with Gasteiger partial charge in [-0.3, -0.25) is 0 Å². The number of aliphatic hydroxyl groups excluding tert-OH is 1. The summed E-state index contributed by atoms with van der Waals surface area (Å²) < 4.78 is 1.78. The second-order valence-electron chi connectivity index (χ2n) is 5.40. The lowest BCUT2D eigenvalue weighted by molar-refractivity contribution is 0.298. The Morgan fingerprint density at radius 3 is 2.61 bits per heavy atom. The van der Waals surface area contributed by atoms with E-state index in [4.69, 9.17) is 5.11 Å². The van der Waals surface area contributed by atoms with Crippen LogP contribution in [0.25, 0.3) is 5.69 Å². The molecular formula is C14H19N3O. The Hall–Kier alpha value is -1.68. The van der Waals surface area contributed by atoms with Crippen LogP contribution in [-0.4, -0.2) is 26.7 Å². The predicted molar refractivity (Wildman–Crippen MR) is 70.8 cm³/mol. The van der Waals surface area contributed by atoms with E-state index < -0.39 is 0 Å². The van der Waals surface area contributed by atoms with Gasteiger partial charge in [-0.25, -0.2) is 4.68 Å². The molecule has 0 radical (unpaired) electrons. The molecule has 0 aliphatic heterocycles. The van der Waals surface area contributed by atoms with Crippen LogP contribution in [0.2, 0.25) is 0 Å². The molecule has 0 fully saturated rings. The van der Waals surface area contributed by atoms with Crippen molar-refractivity contribution < 1.29 is 5.11 Å². The van der Waals surface area contributed by atoms with E-state index in [0.717, 1.165) is 11.4 Å². The second kappa shape index (κ2) is 4.90. The molecule has 18 heavy (non-hydrogen) atoms. The first-order chi connectivity index (χ1) is 8.52. The molecule has 1 heterocycles. The van der Waals surface area contributed by atoms with Crippen LogP contribution in [0.15, 0.2) is 30.5 Å². The van der Waals surface area contributed by atoms with Crippen LogP contribution in [0, 0.1) is 0 Å². The number of para-hydroxylation sites is 1. The van der Waals surface area contributed by atoms with Crippen molar-refractivity contribution in [3.8, 4) is 5.69 Å². The molecule has 1 N–H and O–H groups in total. The van der Waals surface area contributed by atoms with Crippen LogP contribution >= 0.6 is 0 Å². The van der Waals surface area contributed by atoms with Crippen molar-refractivity contribution in [2.75, 3.05) is 6.61 Å². The van der Waals surface area contributed by atoms with E-state index in [1.165, 1.54) is 5.56 Å². The minimum atomic E-state index is 0.0552. The van der Waals surface area contributed by atoms with E-state index in [2.05, 4.69) is 37.1 Å². The molecule has 0 unspecified atom stereocenters. The number of rotatable bonds is 3. The highest BCUT2D eigenvalue weighted by Crippen LogP contribution is 2.27. The smallest absolute Gasteiger partial charge is 0.0854 e. The average molecular weight is 245 g/mol. The summed E-state index contributed by atoms with van der Waals surface area (Å²) in [4.78, 5) is 0. The third kappa shape index (κ3) is 2.59. The predicted octanol–water partition coefficient (Wildman–Crippen LogP) is 2.10. The first kappa shape index (κ1) is 12.8. The zero-order valence-electron chi connectivity index (χ0n) is 11.1. The molecule has 0 atom stereocenters. The van der Waals surface area contributed by atoms with Gasteiger partial charge in [0.2, 0.25) is 0 Å². The van der Waals surface area contributed by atoms with Crippen molar-refractivity contribution in [3.05, 3.63) is 41.7 Å². The fourth-order valence-corrected chi connectivity index (χ4v) is 1.95. The van der Waals surface area contributed by atoms with Crippen LogP contribution in [0.3, 0.4) is 0 Å². The van der Waals surface area contributed by atoms with E-state index in [0.29, 0.717) is 6.42 Å². The Morgan fingerprint density at radius 1 is 1.22 bits per heavy atom. The van der Waals surface area contributed by atoms with E-state index in [1.807, 2.05) is 24.4 Å². The zero-order valence-corrected chi connectivity index (χ0v) is 11.1. The maximum Gasteiger partial charge on any atom is 0.0854 e. The molecule has 1 aromatic heterocycles. The highest BCUT2D eigenvalue weighted by atomic mass is 16.3. The molecule has 4 heteroatoms. The van der Waals surface area contributed by atoms with Gasteiger partial charge in [0.05, 0.1) is 17.6 Å². The lowest BCUT2D eigenvalue weighted by Crippen LogP contribution is -2.15. The molecule has 0 amide bonds. The monoisotopic (exact) mass is 245 g/mol. The molecule has 0 spiro atoms. The van der Waals surface area contributed by atoms with Crippen LogP contribution in [0.1, 0.15) is 32.0 Å². The van der Waals surface area contributed by atoms with Gasteiger partial charge in [0.25, 0.3) is 0 Å². The minimum absolute atomic E-state index is 0.0552. The van der Waals surface area contributed by atoms with Gasteiger partial charge in [0, 0.05) is 13.0 Å². The van der Waals surface area contributed by atoms with Crippen molar-refractivity contribution in [2.45, 2.75) is 32.6 Å². The van der Waals surface area contributed by atoms with Gasteiger partial charge in [-0.2, -0.15) is 0 Å². The summed E-state index contributed by atoms with van der Waals surface area (Å²) in [6, 6.07) is 8.19. The number of hydrogen-bond acceptors (Lipinski definition) is 3. The minimum Gasteiger partial charge on any atom is -0.396 e. The largest absolute Gasteiger partial charge is 0.396 e. The van der Waals surface area contributed by atoms with Crippen molar-refractivity contribution in [3.63, 3.8) is 0 Å². The second-order valence-corrected chi connectivity index (χ2v) is 5.40. The first-order valence-electron chi connectivity index (χ1n) is 6.14. The Labute approximate surface area is 107 Å². The van der Waals surface area contributed by atoms with Crippen LogP contribution in [-0.2, 0) is 11.8 Å². The molecule has 96 valence electrons. The summed E-state index contributed by atoms with van der Waals surface area (Å²) in [6.07, 6.45) is 2.42. The number of nitrogens with zero attached hydrogens (tertiary/aromatic N) is 3. The number of hydrogen-bond donors (Lipinski definition) is 1. The summed E-state index contributed by atoms with van der Waals surface area (Å²) in [5, 5.41) is 17.1. The summed E-state index contributed by atoms with van der Waals surface area (Å²) in [5.41, 5.74) is 3.13. The van der Waals surface area contributed by atoms with Crippen molar-refractivity contribution in [2.24, 2.45) is 0 Å². The van der Waals surface area contributed by atoms with Crippen molar-refractivity contribution in [1.82, 2.24) is 15.0 Å². The van der Waals surface area contributed by atoms with Gasteiger partial charge < -0.3 is 5.11 Å². The number of aliphatic hydroxyl groups is 1. The molecule has 0 saturated carbocycles. The maximum absolute atomic E-state index is 8.91. The Kier molecular flexibility index (Phi) is 3.48. The van der Waals surface area contributed by atoms with Crippen LogP contribution < -0.4 is 0 Å². The summed E-state index contributed by atoms with van der Waals surface area (Å²) in [7, 11) is 0. The van der Waals surface area contributed by atoms with Gasteiger partial charge in [-0.05, 0) is 17.0 Å². The number of benzene rings is 1. The van der Waals surface area contributed by atoms with E-state index in [9.17, 15) is 0 Å². The zero-order chi connectivity index (χ0) is 13.2. The lowest BCUT2D eigenvalue weighted by atomic mass is 9.86. The quantitative estimate of drug-likeness (QED) is 0.901. The fourth-order valence-electron chi connectivity index (χ4n) is 1.95. The van der Waals surface area contributed by atoms with Gasteiger partial charge in [0.1, 0.15) is 0 Å². The van der Waals surface area contributed by atoms with Crippen molar-refractivity contribution >= 4 is 0 Å². The Morgan fingerprint density at radius 2 is 1.94 bits per heavy atom. The van der Waals surface area contributed by atoms with E-state index in [1.54, 1.807) is 4.68 Å². The highest BCUT2D eigenvalue weighted by molar-refractivity contribution is 5.44. The van der Waals surface area contributed by atoms with E-state index >= 15 is 0 Å². The SMILES string of the molecule is CC(C)(C)c1ccccc1-n1cc(CCO)nn1. The molecule has 0 aliphatic rings. The maximum atomic E-state index is 8.91. The molecule has 4 nitrogen and oxygen atoms in total. The molecule has 2 aromatic rings. The van der Waals surface area contributed by atoms with Crippen LogP contribution in [0.5, 0.6) is 0 Å². The third-order valence-electron chi connectivity index (χ3n) is 2.87. The third-order valence-corrected chi connectivity index (χ3v) is 2.87. The molecule has 0 aliphatic carbocycles. The lowest BCUT2D eigenvalue weighted by Gasteiger charge is -2.22. The van der Waals surface area contributed by atoms with Gasteiger partial charge >= 0.3 is 0 Å². The first-order valence-corrected chi connectivity index (χ1v) is 6.14. The van der Waals surface area contributed by atoms with Crippen molar-refractivity contribution in [1.29, 1.82) is 0 Å². The fraction of sp³-hybridized carbons (Fsp3) is 0.429. The van der Waals surface area contributed by atoms with Gasteiger partial charge in [-0.15, -0.1) is 5.10 Å². The highest BCUT2D eigenvalue weighted by Gasteiger charge is 2.18. The molecule has 0 saturated heterocycles. The van der Waals surface area contributed by atoms with Gasteiger partial charge in [-0.1, -0.05) is 44.2 Å². The Bertz CT molecular complexity index is 526. The molecule has 2 rings (SSSR count). The Balaban J connectivity index is 2.43. The average Bonchev–Trinajstić information content (AvgIpc) is 2.77. The normalized spacial score (nSPS) is 11.8. The van der Waals surface area contributed by atoms with Crippen LogP contribution in [0.4, 0.5) is 0 Å². The summed E-state index contributed by atoms with van der Waals surface area (Å²) in [6.45, 7) is 6.63. The summed E-state index contributed by atoms with van der Waals surface area (Å²) >= 11 is 0. The van der Waals surface area contributed by atoms with E-state index in [-0.39, 0.29) is 12.0 Å². The standard InChI is InChI=1S/C14H19N3O/c1-14(2,3)12-6-4-5-7-13(12)17-10-11(8-9-18)15-16-17/h4-7,10,18H,8-9H2,1-3H3.